The van der Waals surface area contributed by atoms with Crippen molar-refractivity contribution >= 4 is 28.7 Å². The lowest BCUT2D eigenvalue weighted by Crippen LogP contribution is -2.39. The average molecular weight is 313 g/mol. The molecule has 114 valence electrons. The van der Waals surface area contributed by atoms with E-state index >= 15 is 0 Å². The summed E-state index contributed by atoms with van der Waals surface area (Å²) in [7, 11) is 0. The Morgan fingerprint density at radius 3 is 2.18 bits per heavy atom. The molecule has 0 amide bonds. The maximum Gasteiger partial charge on any atom is 0.189 e. The number of hydrazine groups is 1. The van der Waals surface area contributed by atoms with Gasteiger partial charge in [-0.25, -0.2) is 0 Å². The number of hydrogen-bond acceptors (Lipinski definition) is 3. The van der Waals surface area contributed by atoms with E-state index in [2.05, 4.69) is 22.7 Å². The second-order valence-electron chi connectivity index (χ2n) is 5.00. The Morgan fingerprint density at radius 1 is 1.00 bits per heavy atom. The Kier molecular flexibility index (Phi) is 5.01. The normalized spacial score (nSPS) is 9.91. The highest BCUT2D eigenvalue weighted by atomic mass is 32.1. The number of phenolic OH excluding ortho intramolecular Hbond substituents is 1. The molecule has 0 spiro atoms. The van der Waals surface area contributed by atoms with Crippen molar-refractivity contribution in [1.29, 1.82) is 0 Å². The van der Waals surface area contributed by atoms with Crippen LogP contribution in [0.3, 0.4) is 0 Å². The van der Waals surface area contributed by atoms with Gasteiger partial charge in [0.2, 0.25) is 0 Å². The van der Waals surface area contributed by atoms with Gasteiger partial charge in [-0.1, -0.05) is 24.8 Å². The first kappa shape index (κ1) is 15.9. The fourth-order valence-electron chi connectivity index (χ4n) is 2.02. The van der Waals surface area contributed by atoms with Gasteiger partial charge in [-0.3, -0.25) is 10.9 Å². The Hall–Kier alpha value is -2.53. The van der Waals surface area contributed by atoms with E-state index in [0.29, 0.717) is 10.8 Å². The van der Waals surface area contributed by atoms with Crippen LogP contribution in [0.2, 0.25) is 0 Å². The summed E-state index contributed by atoms with van der Waals surface area (Å²) in [5, 5.41) is 12.9. The highest BCUT2D eigenvalue weighted by Gasteiger charge is 2.04. The van der Waals surface area contributed by atoms with Gasteiger partial charge in [-0.05, 0) is 67.0 Å². The van der Waals surface area contributed by atoms with Gasteiger partial charge in [0.05, 0.1) is 5.70 Å². The highest BCUT2D eigenvalue weighted by Crippen LogP contribution is 2.19. The molecule has 2 rings (SSSR count). The zero-order valence-corrected chi connectivity index (χ0v) is 13.4. The minimum absolute atomic E-state index is 0.219. The first-order valence-electron chi connectivity index (χ1n) is 6.85. The van der Waals surface area contributed by atoms with E-state index in [0.717, 1.165) is 22.4 Å². The first-order chi connectivity index (χ1) is 10.5. The zero-order valence-electron chi connectivity index (χ0n) is 12.6. The standard InChI is InChI=1S/C17H19N3OS/c1-11-5-4-6-12(2)16(11)18-17(22)20-19-13(3)14-7-9-15(21)10-8-14/h4-10,19,21H,3H2,1-2H3,(H2,18,20,22). The van der Waals surface area contributed by atoms with E-state index in [9.17, 15) is 5.11 Å². The smallest absolute Gasteiger partial charge is 0.189 e. The number of rotatable bonds is 4. The number of anilines is 1. The zero-order chi connectivity index (χ0) is 16.1. The van der Waals surface area contributed by atoms with Gasteiger partial charge in [0.15, 0.2) is 5.11 Å². The maximum absolute atomic E-state index is 9.28. The summed E-state index contributed by atoms with van der Waals surface area (Å²) in [4.78, 5) is 0. The van der Waals surface area contributed by atoms with Gasteiger partial charge in [0.1, 0.15) is 5.75 Å². The van der Waals surface area contributed by atoms with Gasteiger partial charge in [0, 0.05) is 5.69 Å². The molecule has 2 aromatic rings. The Morgan fingerprint density at radius 2 is 1.59 bits per heavy atom. The molecule has 0 aromatic heterocycles. The van der Waals surface area contributed by atoms with Crippen LogP contribution in [0, 0.1) is 13.8 Å². The largest absolute Gasteiger partial charge is 0.508 e. The first-order valence-corrected chi connectivity index (χ1v) is 7.25. The van der Waals surface area contributed by atoms with Gasteiger partial charge in [0.25, 0.3) is 0 Å². The fourth-order valence-corrected chi connectivity index (χ4v) is 2.18. The molecular formula is C17H19N3OS. The molecule has 0 aliphatic heterocycles. The Balaban J connectivity index is 1.93. The predicted octanol–water partition coefficient (Wildman–Crippen LogP) is 3.47. The van der Waals surface area contributed by atoms with Crippen LogP contribution >= 0.6 is 12.2 Å². The average Bonchev–Trinajstić information content (AvgIpc) is 2.49. The van der Waals surface area contributed by atoms with Crippen LogP contribution in [0.5, 0.6) is 5.75 Å². The monoisotopic (exact) mass is 313 g/mol. The number of aryl methyl sites for hydroxylation is 2. The third-order valence-corrected chi connectivity index (χ3v) is 3.47. The summed E-state index contributed by atoms with van der Waals surface area (Å²) < 4.78 is 0. The summed E-state index contributed by atoms with van der Waals surface area (Å²) in [6.07, 6.45) is 0. The lowest BCUT2D eigenvalue weighted by atomic mass is 10.1. The van der Waals surface area contributed by atoms with Crippen molar-refractivity contribution in [3.8, 4) is 5.75 Å². The van der Waals surface area contributed by atoms with E-state index in [4.69, 9.17) is 12.2 Å². The van der Waals surface area contributed by atoms with Crippen LogP contribution in [0.1, 0.15) is 16.7 Å². The predicted molar refractivity (Wildman–Crippen MR) is 95.5 cm³/mol. The molecule has 0 aliphatic carbocycles. The van der Waals surface area contributed by atoms with E-state index in [1.807, 2.05) is 32.0 Å². The molecule has 0 saturated heterocycles. The molecule has 5 heteroatoms. The quantitative estimate of drug-likeness (QED) is 0.514. The van der Waals surface area contributed by atoms with E-state index in [1.54, 1.807) is 24.3 Å². The molecule has 0 heterocycles. The highest BCUT2D eigenvalue weighted by molar-refractivity contribution is 7.80. The number of nitrogens with one attached hydrogen (secondary N) is 3. The van der Waals surface area contributed by atoms with Crippen molar-refractivity contribution in [2.45, 2.75) is 13.8 Å². The molecule has 0 radical (unpaired) electrons. The second-order valence-corrected chi connectivity index (χ2v) is 5.40. The molecule has 0 saturated carbocycles. The van der Waals surface area contributed by atoms with Gasteiger partial charge in [-0.15, -0.1) is 0 Å². The molecule has 0 aliphatic rings. The molecule has 0 atom stereocenters. The topological polar surface area (TPSA) is 56.3 Å². The number of hydrogen-bond donors (Lipinski definition) is 4. The van der Waals surface area contributed by atoms with Crippen molar-refractivity contribution in [1.82, 2.24) is 10.9 Å². The van der Waals surface area contributed by atoms with Crippen molar-refractivity contribution in [2.75, 3.05) is 5.32 Å². The van der Waals surface area contributed by atoms with E-state index in [-0.39, 0.29) is 5.75 Å². The van der Waals surface area contributed by atoms with Gasteiger partial charge < -0.3 is 10.4 Å². The van der Waals surface area contributed by atoms with Crippen LogP contribution in [0.15, 0.2) is 49.0 Å². The lowest BCUT2D eigenvalue weighted by Gasteiger charge is -2.17. The van der Waals surface area contributed by atoms with Crippen molar-refractivity contribution in [3.05, 3.63) is 65.7 Å². The number of aromatic hydroxyl groups is 1. The van der Waals surface area contributed by atoms with Crippen LogP contribution in [-0.2, 0) is 0 Å². The van der Waals surface area contributed by atoms with Crippen molar-refractivity contribution in [2.24, 2.45) is 0 Å². The molecule has 4 nitrogen and oxygen atoms in total. The molecule has 2 aromatic carbocycles. The summed E-state index contributed by atoms with van der Waals surface area (Å²) in [5.74, 6) is 0.219. The fraction of sp³-hybridized carbons (Fsp3) is 0.118. The third-order valence-electron chi connectivity index (χ3n) is 3.26. The van der Waals surface area contributed by atoms with Crippen molar-refractivity contribution in [3.63, 3.8) is 0 Å². The molecular weight excluding hydrogens is 294 g/mol. The Labute approximate surface area is 135 Å². The van der Waals surface area contributed by atoms with E-state index < -0.39 is 0 Å². The molecule has 0 fully saturated rings. The number of benzene rings is 2. The van der Waals surface area contributed by atoms with Gasteiger partial charge in [-0.2, -0.15) is 0 Å². The third kappa shape index (κ3) is 3.99. The van der Waals surface area contributed by atoms with E-state index in [1.165, 1.54) is 0 Å². The SMILES string of the molecule is C=C(NNC(=S)Nc1c(C)cccc1C)c1ccc(O)cc1. The lowest BCUT2D eigenvalue weighted by molar-refractivity contribution is 0.475. The number of phenols is 1. The summed E-state index contributed by atoms with van der Waals surface area (Å²) in [5.41, 5.74) is 10.6. The van der Waals surface area contributed by atoms with Crippen molar-refractivity contribution < 1.29 is 5.11 Å². The molecule has 4 N–H and O–H groups in total. The molecule has 0 unspecified atom stereocenters. The summed E-state index contributed by atoms with van der Waals surface area (Å²) in [6, 6.07) is 12.8. The maximum atomic E-state index is 9.28. The minimum atomic E-state index is 0.219. The second kappa shape index (κ2) is 6.95. The number of para-hydroxylation sites is 1. The van der Waals surface area contributed by atoms with Crippen LogP contribution in [0.25, 0.3) is 5.70 Å². The van der Waals surface area contributed by atoms with Crippen LogP contribution < -0.4 is 16.2 Å². The minimum Gasteiger partial charge on any atom is -0.508 e. The number of thiocarbonyl (C=S) groups is 1. The molecule has 22 heavy (non-hydrogen) atoms. The summed E-state index contributed by atoms with van der Waals surface area (Å²) >= 11 is 5.28. The Bertz CT molecular complexity index is 675. The van der Waals surface area contributed by atoms with Crippen LogP contribution in [0.4, 0.5) is 5.69 Å². The van der Waals surface area contributed by atoms with Crippen LogP contribution in [-0.4, -0.2) is 10.2 Å². The summed E-state index contributed by atoms with van der Waals surface area (Å²) in [6.45, 7) is 7.98. The van der Waals surface area contributed by atoms with Gasteiger partial charge >= 0.3 is 0 Å². The molecule has 0 bridgehead atoms.